The van der Waals surface area contributed by atoms with Crippen LogP contribution in [0.15, 0.2) is 0 Å². The summed E-state index contributed by atoms with van der Waals surface area (Å²) in [6.45, 7) is 4.46. The predicted octanol–water partition coefficient (Wildman–Crippen LogP) is 0.324. The van der Waals surface area contributed by atoms with Gasteiger partial charge < -0.3 is 20.9 Å². The third-order valence-corrected chi connectivity index (χ3v) is 3.82. The Balaban J connectivity index is 2.34. The minimum atomic E-state index is -0.811. The summed E-state index contributed by atoms with van der Waals surface area (Å²) in [5, 5.41) is 13.6. The Morgan fingerprint density at radius 3 is 2.55 bits per heavy atom. The second kappa shape index (κ2) is 7.59. The number of nitrogens with one attached hydrogen (secondary N) is 1. The van der Waals surface area contributed by atoms with Crippen molar-refractivity contribution in [3.63, 3.8) is 0 Å². The third kappa shape index (κ3) is 5.46. The van der Waals surface area contributed by atoms with Gasteiger partial charge in [-0.1, -0.05) is 0 Å². The molecule has 0 aromatic rings. The quantitative estimate of drug-likeness (QED) is 0.585. The normalized spacial score (nSPS) is 27.9. The van der Waals surface area contributed by atoms with Crippen molar-refractivity contribution in [3.8, 4) is 0 Å². The van der Waals surface area contributed by atoms with Crippen molar-refractivity contribution in [2.24, 2.45) is 11.7 Å². The van der Waals surface area contributed by atoms with E-state index in [4.69, 9.17) is 10.5 Å². The number of ether oxygens (including phenoxy) is 1. The van der Waals surface area contributed by atoms with E-state index in [-0.39, 0.29) is 30.3 Å². The number of nitrogens with two attached hydrogens (primary N) is 1. The van der Waals surface area contributed by atoms with E-state index < -0.39 is 5.60 Å². The molecule has 1 fully saturated rings. The van der Waals surface area contributed by atoms with E-state index in [1.807, 2.05) is 6.92 Å². The van der Waals surface area contributed by atoms with E-state index in [0.29, 0.717) is 38.8 Å². The molecule has 1 aliphatic carbocycles. The maximum Gasteiger partial charge on any atom is 0.308 e. The Kier molecular flexibility index (Phi) is 6.42. The van der Waals surface area contributed by atoms with Gasteiger partial charge in [0.05, 0.1) is 18.1 Å². The number of hydrogen-bond donors (Lipinski definition) is 3. The highest BCUT2D eigenvalue weighted by molar-refractivity contribution is 5.74. The van der Waals surface area contributed by atoms with Gasteiger partial charge >= 0.3 is 5.97 Å². The van der Waals surface area contributed by atoms with Gasteiger partial charge in [-0.3, -0.25) is 9.59 Å². The third-order valence-electron chi connectivity index (χ3n) is 3.82. The zero-order valence-electron chi connectivity index (χ0n) is 12.4. The maximum atomic E-state index is 11.6. The van der Waals surface area contributed by atoms with Crippen molar-refractivity contribution >= 4 is 11.9 Å². The van der Waals surface area contributed by atoms with Crippen molar-refractivity contribution in [1.82, 2.24) is 5.32 Å². The van der Waals surface area contributed by atoms with E-state index in [0.717, 1.165) is 0 Å². The lowest BCUT2D eigenvalue weighted by Crippen LogP contribution is -2.47. The van der Waals surface area contributed by atoms with Crippen LogP contribution >= 0.6 is 0 Å². The second-order valence-electron chi connectivity index (χ2n) is 5.70. The highest BCUT2D eigenvalue weighted by atomic mass is 16.5. The molecule has 0 saturated heterocycles. The summed E-state index contributed by atoms with van der Waals surface area (Å²) in [6, 6.07) is -0.0562. The first-order chi connectivity index (χ1) is 9.36. The second-order valence-corrected chi connectivity index (χ2v) is 5.70. The standard InChI is InChI=1S/C14H26N2O4/c1-3-20-13(18)11-4-6-14(19,7-5-11)9-16-10(2)8-12(15)17/h10-11,16,19H,3-9H2,1-2H3,(H2,15,17). The van der Waals surface area contributed by atoms with Crippen LogP contribution in [0.1, 0.15) is 46.0 Å². The van der Waals surface area contributed by atoms with E-state index in [1.54, 1.807) is 6.92 Å². The molecule has 0 radical (unpaired) electrons. The van der Waals surface area contributed by atoms with Gasteiger partial charge in [0, 0.05) is 19.0 Å². The Bertz CT molecular complexity index is 338. The average Bonchev–Trinajstić information content (AvgIpc) is 2.37. The summed E-state index contributed by atoms with van der Waals surface area (Å²) < 4.78 is 5.00. The number of hydrogen-bond acceptors (Lipinski definition) is 5. The Hall–Kier alpha value is -1.14. The van der Waals surface area contributed by atoms with Crippen LogP contribution in [-0.2, 0) is 14.3 Å². The van der Waals surface area contributed by atoms with Crippen molar-refractivity contribution < 1.29 is 19.4 Å². The molecule has 1 amide bonds. The number of amides is 1. The van der Waals surface area contributed by atoms with E-state index in [9.17, 15) is 14.7 Å². The number of primary amides is 1. The van der Waals surface area contributed by atoms with Gasteiger partial charge in [-0.15, -0.1) is 0 Å². The molecule has 116 valence electrons. The maximum absolute atomic E-state index is 11.6. The van der Waals surface area contributed by atoms with Crippen LogP contribution in [-0.4, -0.2) is 41.8 Å². The van der Waals surface area contributed by atoms with Crippen LogP contribution in [0.25, 0.3) is 0 Å². The van der Waals surface area contributed by atoms with Crippen LogP contribution in [0.5, 0.6) is 0 Å². The van der Waals surface area contributed by atoms with Crippen LogP contribution in [0.2, 0.25) is 0 Å². The molecule has 0 heterocycles. The molecule has 1 rings (SSSR count). The molecule has 1 atom stereocenters. The summed E-state index contributed by atoms with van der Waals surface area (Å²) in [6.07, 6.45) is 2.66. The van der Waals surface area contributed by atoms with Crippen molar-refractivity contribution in [2.45, 2.75) is 57.6 Å². The molecule has 1 aliphatic rings. The number of esters is 1. The highest BCUT2D eigenvalue weighted by Crippen LogP contribution is 2.32. The fourth-order valence-corrected chi connectivity index (χ4v) is 2.57. The molecule has 0 spiro atoms. The largest absolute Gasteiger partial charge is 0.466 e. The molecule has 6 nitrogen and oxygen atoms in total. The molecule has 1 unspecified atom stereocenters. The molecule has 0 aromatic carbocycles. The lowest BCUT2D eigenvalue weighted by atomic mass is 9.78. The molecule has 6 heteroatoms. The number of carbonyl (C=O) groups is 2. The van der Waals surface area contributed by atoms with Crippen LogP contribution in [0, 0.1) is 5.92 Å². The molecule has 0 aliphatic heterocycles. The van der Waals surface area contributed by atoms with Gasteiger partial charge in [0.15, 0.2) is 0 Å². The molecule has 20 heavy (non-hydrogen) atoms. The monoisotopic (exact) mass is 286 g/mol. The average molecular weight is 286 g/mol. The summed E-state index contributed by atoms with van der Waals surface area (Å²) in [7, 11) is 0. The predicted molar refractivity (Wildman–Crippen MR) is 74.8 cm³/mol. The number of carbonyl (C=O) groups excluding carboxylic acids is 2. The first-order valence-corrected chi connectivity index (χ1v) is 7.27. The summed E-state index contributed by atoms with van der Waals surface area (Å²) >= 11 is 0. The molecule has 0 aromatic heterocycles. The first kappa shape index (κ1) is 16.9. The minimum Gasteiger partial charge on any atom is -0.466 e. The Morgan fingerprint density at radius 2 is 2.05 bits per heavy atom. The fourth-order valence-electron chi connectivity index (χ4n) is 2.57. The summed E-state index contributed by atoms with van der Waals surface area (Å²) in [5.74, 6) is -0.620. The van der Waals surface area contributed by atoms with E-state index >= 15 is 0 Å². The molecular weight excluding hydrogens is 260 g/mol. The Labute approximate surface area is 120 Å². The van der Waals surface area contributed by atoms with E-state index in [1.165, 1.54) is 0 Å². The SMILES string of the molecule is CCOC(=O)C1CCC(O)(CNC(C)CC(N)=O)CC1. The smallest absolute Gasteiger partial charge is 0.308 e. The van der Waals surface area contributed by atoms with Gasteiger partial charge in [-0.25, -0.2) is 0 Å². The first-order valence-electron chi connectivity index (χ1n) is 7.27. The Morgan fingerprint density at radius 1 is 1.45 bits per heavy atom. The molecule has 1 saturated carbocycles. The number of rotatable bonds is 7. The van der Waals surface area contributed by atoms with E-state index in [2.05, 4.69) is 5.32 Å². The van der Waals surface area contributed by atoms with Crippen LogP contribution < -0.4 is 11.1 Å². The molecular formula is C14H26N2O4. The van der Waals surface area contributed by atoms with Crippen molar-refractivity contribution in [3.05, 3.63) is 0 Å². The summed E-state index contributed by atoms with van der Waals surface area (Å²) in [5.41, 5.74) is 4.31. The van der Waals surface area contributed by atoms with Gasteiger partial charge in [0.25, 0.3) is 0 Å². The van der Waals surface area contributed by atoms with Crippen LogP contribution in [0.4, 0.5) is 0 Å². The molecule has 0 bridgehead atoms. The fraction of sp³-hybridized carbons (Fsp3) is 0.857. The number of aliphatic hydroxyl groups is 1. The lowest BCUT2D eigenvalue weighted by molar-refractivity contribution is -0.151. The van der Waals surface area contributed by atoms with Gasteiger partial charge in [-0.2, -0.15) is 0 Å². The zero-order valence-corrected chi connectivity index (χ0v) is 12.4. The lowest BCUT2D eigenvalue weighted by Gasteiger charge is -2.36. The summed E-state index contributed by atoms with van der Waals surface area (Å²) in [4.78, 5) is 22.4. The van der Waals surface area contributed by atoms with Crippen LogP contribution in [0.3, 0.4) is 0 Å². The van der Waals surface area contributed by atoms with Gasteiger partial charge in [0.1, 0.15) is 0 Å². The van der Waals surface area contributed by atoms with Gasteiger partial charge in [-0.05, 0) is 39.5 Å². The minimum absolute atomic E-state index is 0.0562. The zero-order chi connectivity index (χ0) is 15.2. The molecule has 4 N–H and O–H groups in total. The van der Waals surface area contributed by atoms with Gasteiger partial charge in [0.2, 0.25) is 5.91 Å². The van der Waals surface area contributed by atoms with Crippen molar-refractivity contribution in [2.75, 3.05) is 13.2 Å². The van der Waals surface area contributed by atoms with Crippen molar-refractivity contribution in [1.29, 1.82) is 0 Å². The highest BCUT2D eigenvalue weighted by Gasteiger charge is 2.36. The topological polar surface area (TPSA) is 102 Å².